The Morgan fingerprint density at radius 1 is 1.85 bits per heavy atom. The smallest absolute Gasteiger partial charge is 0.239 e. The zero-order chi connectivity index (χ0) is 9.84. The molecule has 0 aliphatic heterocycles. The van der Waals surface area contributed by atoms with E-state index in [0.717, 1.165) is 5.69 Å². The zero-order valence-electron chi connectivity index (χ0n) is 7.53. The second kappa shape index (κ2) is 3.72. The van der Waals surface area contributed by atoms with Crippen molar-refractivity contribution in [3.05, 3.63) is 11.8 Å². The van der Waals surface area contributed by atoms with Crippen LogP contribution in [-0.4, -0.2) is 15.7 Å². The largest absolute Gasteiger partial charge is 0.310 e. The first-order valence-electron chi connectivity index (χ1n) is 3.81. The van der Waals surface area contributed by atoms with E-state index in [4.69, 9.17) is 5.26 Å². The van der Waals surface area contributed by atoms with Crippen molar-refractivity contribution in [1.29, 1.82) is 5.26 Å². The van der Waals surface area contributed by atoms with Gasteiger partial charge in [-0.1, -0.05) is 0 Å². The number of hydrogen-bond donors (Lipinski definition) is 1. The molecular formula is C8H10N4O. The number of anilines is 1. The molecule has 0 spiro atoms. The molecule has 0 bridgehead atoms. The van der Waals surface area contributed by atoms with Gasteiger partial charge in [0.15, 0.2) is 0 Å². The summed E-state index contributed by atoms with van der Waals surface area (Å²) >= 11 is 0. The number of amides is 1. The minimum atomic E-state index is -0.314. The number of nitrogens with zero attached hydrogens (tertiary/aromatic N) is 3. The quantitative estimate of drug-likeness (QED) is 0.720. The van der Waals surface area contributed by atoms with E-state index in [1.54, 1.807) is 23.9 Å². The molecule has 0 radical (unpaired) electrons. The molecule has 0 saturated heterocycles. The molecule has 1 N–H and O–H groups in total. The topological polar surface area (TPSA) is 70.7 Å². The first-order chi connectivity index (χ1) is 6.13. The van der Waals surface area contributed by atoms with Crippen molar-refractivity contribution in [2.45, 2.75) is 13.3 Å². The van der Waals surface area contributed by atoms with Gasteiger partial charge in [0.1, 0.15) is 12.2 Å². The molecule has 5 heteroatoms. The van der Waals surface area contributed by atoms with Gasteiger partial charge in [-0.05, 0) is 6.92 Å². The van der Waals surface area contributed by atoms with Gasteiger partial charge in [0.2, 0.25) is 5.91 Å². The van der Waals surface area contributed by atoms with Gasteiger partial charge in [0.25, 0.3) is 0 Å². The van der Waals surface area contributed by atoms with E-state index in [0.29, 0.717) is 5.82 Å². The summed E-state index contributed by atoms with van der Waals surface area (Å²) in [5.41, 5.74) is 0.828. The lowest BCUT2D eigenvalue weighted by molar-refractivity contribution is -0.115. The van der Waals surface area contributed by atoms with Gasteiger partial charge < -0.3 is 5.32 Å². The molecule has 0 fully saturated rings. The fourth-order valence-corrected chi connectivity index (χ4v) is 0.986. The molecule has 1 aromatic heterocycles. The highest BCUT2D eigenvalue weighted by molar-refractivity contribution is 5.91. The Kier molecular flexibility index (Phi) is 2.65. The molecule has 1 amide bonds. The summed E-state index contributed by atoms with van der Waals surface area (Å²) in [5.74, 6) is 0.295. The number of rotatable bonds is 2. The molecule has 5 nitrogen and oxygen atoms in total. The van der Waals surface area contributed by atoms with Crippen LogP contribution in [0.2, 0.25) is 0 Å². The van der Waals surface area contributed by atoms with Crippen LogP contribution in [0.15, 0.2) is 6.07 Å². The van der Waals surface area contributed by atoms with E-state index in [-0.39, 0.29) is 12.3 Å². The Balaban J connectivity index is 2.70. The third-order valence-electron chi connectivity index (χ3n) is 1.51. The monoisotopic (exact) mass is 178 g/mol. The van der Waals surface area contributed by atoms with Crippen LogP contribution in [0, 0.1) is 18.3 Å². The first kappa shape index (κ1) is 9.26. The highest BCUT2D eigenvalue weighted by atomic mass is 16.1. The lowest BCUT2D eigenvalue weighted by atomic mass is 10.4. The fraction of sp³-hybridized carbons (Fsp3) is 0.375. The molecule has 0 atom stereocenters. The normalized spacial score (nSPS) is 9.31. The minimum absolute atomic E-state index is 0.135. The summed E-state index contributed by atoms with van der Waals surface area (Å²) in [6.07, 6.45) is -0.135. The molecule has 1 rings (SSSR count). The Hall–Kier alpha value is -1.83. The number of nitrogens with one attached hydrogen (secondary N) is 1. The van der Waals surface area contributed by atoms with Crippen LogP contribution in [0.3, 0.4) is 0 Å². The van der Waals surface area contributed by atoms with E-state index in [1.807, 2.05) is 6.92 Å². The van der Waals surface area contributed by atoms with Crippen LogP contribution in [0.4, 0.5) is 5.82 Å². The third-order valence-corrected chi connectivity index (χ3v) is 1.51. The highest BCUT2D eigenvalue weighted by Crippen LogP contribution is 2.07. The molecule has 0 aliphatic rings. The van der Waals surface area contributed by atoms with Crippen LogP contribution >= 0.6 is 0 Å². The highest BCUT2D eigenvalue weighted by Gasteiger charge is 2.05. The van der Waals surface area contributed by atoms with Crippen molar-refractivity contribution >= 4 is 11.7 Å². The Morgan fingerprint density at radius 2 is 2.54 bits per heavy atom. The molecule has 0 unspecified atom stereocenters. The van der Waals surface area contributed by atoms with Crippen molar-refractivity contribution in [2.75, 3.05) is 5.32 Å². The number of nitriles is 1. The second-order valence-electron chi connectivity index (χ2n) is 2.68. The van der Waals surface area contributed by atoms with Crippen LogP contribution in [0.1, 0.15) is 12.1 Å². The summed E-state index contributed by atoms with van der Waals surface area (Å²) < 4.78 is 1.56. The van der Waals surface area contributed by atoms with Gasteiger partial charge in [0, 0.05) is 13.1 Å². The molecule has 68 valence electrons. The van der Waals surface area contributed by atoms with Gasteiger partial charge in [-0.15, -0.1) is 0 Å². The second-order valence-corrected chi connectivity index (χ2v) is 2.68. The number of aryl methyl sites for hydroxylation is 2. The summed E-state index contributed by atoms with van der Waals surface area (Å²) in [4.78, 5) is 11.0. The van der Waals surface area contributed by atoms with E-state index in [9.17, 15) is 4.79 Å². The maximum atomic E-state index is 11.0. The maximum Gasteiger partial charge on any atom is 0.239 e. The maximum absolute atomic E-state index is 11.0. The Labute approximate surface area is 76.0 Å². The summed E-state index contributed by atoms with van der Waals surface area (Å²) in [6, 6.07) is 3.52. The number of carbonyl (C=O) groups is 1. The van der Waals surface area contributed by atoms with Gasteiger partial charge in [0.05, 0.1) is 11.8 Å². The molecule has 0 aliphatic carbocycles. The number of hydrogen-bond acceptors (Lipinski definition) is 3. The number of carbonyl (C=O) groups excluding carboxylic acids is 1. The van der Waals surface area contributed by atoms with Crippen LogP contribution in [0.25, 0.3) is 0 Å². The van der Waals surface area contributed by atoms with E-state index in [2.05, 4.69) is 10.4 Å². The lowest BCUT2D eigenvalue weighted by Gasteiger charge is -2.00. The van der Waals surface area contributed by atoms with Crippen molar-refractivity contribution in [2.24, 2.45) is 7.05 Å². The minimum Gasteiger partial charge on any atom is -0.310 e. The van der Waals surface area contributed by atoms with E-state index < -0.39 is 0 Å². The third kappa shape index (κ3) is 2.30. The summed E-state index contributed by atoms with van der Waals surface area (Å²) in [7, 11) is 1.73. The average Bonchev–Trinajstić information content (AvgIpc) is 2.30. The van der Waals surface area contributed by atoms with Gasteiger partial charge in [-0.3, -0.25) is 9.48 Å². The van der Waals surface area contributed by atoms with Gasteiger partial charge in [-0.25, -0.2) is 0 Å². The molecule has 0 saturated carbocycles. The zero-order valence-corrected chi connectivity index (χ0v) is 7.53. The molecular weight excluding hydrogens is 168 g/mol. The van der Waals surface area contributed by atoms with Crippen LogP contribution in [-0.2, 0) is 11.8 Å². The van der Waals surface area contributed by atoms with Crippen molar-refractivity contribution in [3.8, 4) is 6.07 Å². The standard InChI is InChI=1S/C8H10N4O/c1-6-5-7(12(2)11-6)10-8(13)3-4-9/h5H,3H2,1-2H3,(H,10,13). The Morgan fingerprint density at radius 3 is 3.00 bits per heavy atom. The molecule has 1 aromatic rings. The predicted octanol–water partition coefficient (Wildman–Crippen LogP) is 0.581. The summed E-state index contributed by atoms with van der Waals surface area (Å²) in [5, 5.41) is 14.9. The van der Waals surface area contributed by atoms with Crippen LogP contribution in [0.5, 0.6) is 0 Å². The SMILES string of the molecule is Cc1cc(NC(=O)CC#N)n(C)n1. The first-order valence-corrected chi connectivity index (χ1v) is 3.81. The predicted molar refractivity (Wildman–Crippen MR) is 46.8 cm³/mol. The number of aromatic nitrogens is 2. The molecule has 1 heterocycles. The fourth-order valence-electron chi connectivity index (χ4n) is 0.986. The van der Waals surface area contributed by atoms with Gasteiger partial charge >= 0.3 is 0 Å². The van der Waals surface area contributed by atoms with Gasteiger partial charge in [-0.2, -0.15) is 10.4 Å². The van der Waals surface area contributed by atoms with E-state index >= 15 is 0 Å². The lowest BCUT2D eigenvalue weighted by Crippen LogP contribution is -2.13. The average molecular weight is 178 g/mol. The van der Waals surface area contributed by atoms with Crippen molar-refractivity contribution in [1.82, 2.24) is 9.78 Å². The summed E-state index contributed by atoms with van der Waals surface area (Å²) in [6.45, 7) is 1.83. The van der Waals surface area contributed by atoms with Crippen molar-refractivity contribution < 1.29 is 4.79 Å². The molecule has 13 heavy (non-hydrogen) atoms. The van der Waals surface area contributed by atoms with Crippen molar-refractivity contribution in [3.63, 3.8) is 0 Å². The Bertz CT molecular complexity index is 361. The van der Waals surface area contributed by atoms with Crippen LogP contribution < -0.4 is 5.32 Å². The van der Waals surface area contributed by atoms with E-state index in [1.165, 1.54) is 0 Å². The molecule has 0 aromatic carbocycles.